The smallest absolute Gasteiger partial charge is 0.342 e. The number of nitrogens with zero attached hydrogens (tertiary/aromatic N) is 5. The number of hydrogen-bond donors (Lipinski definition) is 1. The number of aromatic amines is 1. The maximum Gasteiger partial charge on any atom is 0.401 e. The molecule has 0 bridgehead atoms. The van der Waals surface area contributed by atoms with Crippen LogP contribution >= 0.6 is 0 Å². The van der Waals surface area contributed by atoms with E-state index in [4.69, 9.17) is 0 Å². The minimum atomic E-state index is -4.34. The highest BCUT2D eigenvalue weighted by Gasteiger charge is 2.35. The molecule has 8 nitrogen and oxygen atoms in total. The molecule has 0 amide bonds. The summed E-state index contributed by atoms with van der Waals surface area (Å²) < 4.78 is 81.1. The van der Waals surface area contributed by atoms with E-state index in [0.29, 0.717) is 22.3 Å². The van der Waals surface area contributed by atoms with Crippen molar-refractivity contribution in [3.63, 3.8) is 0 Å². The molecule has 3 aromatic rings. The van der Waals surface area contributed by atoms with Gasteiger partial charge in [0.1, 0.15) is 17.2 Å². The van der Waals surface area contributed by atoms with Crippen LogP contribution in [0.2, 0.25) is 0 Å². The molecule has 0 radical (unpaired) electrons. The van der Waals surface area contributed by atoms with Crippen molar-refractivity contribution >= 4 is 20.9 Å². The van der Waals surface area contributed by atoms with Gasteiger partial charge in [0.2, 0.25) is 0 Å². The molecule has 1 saturated heterocycles. The second kappa shape index (κ2) is 7.57. The van der Waals surface area contributed by atoms with Crippen LogP contribution in [0.15, 0.2) is 23.5 Å². The van der Waals surface area contributed by atoms with Gasteiger partial charge in [-0.3, -0.25) is 9.58 Å². The average Bonchev–Trinajstić information content (AvgIpc) is 3.28. The number of halogens is 4. The average molecular weight is 460 g/mol. The van der Waals surface area contributed by atoms with E-state index in [1.165, 1.54) is 23.1 Å². The number of hydrogen-bond acceptors (Lipinski definition) is 5. The maximum absolute atomic E-state index is 14.6. The van der Waals surface area contributed by atoms with Crippen LogP contribution < -0.4 is 0 Å². The highest BCUT2D eigenvalue weighted by Crippen LogP contribution is 2.34. The monoisotopic (exact) mass is 460 g/mol. The van der Waals surface area contributed by atoms with Crippen LogP contribution in [-0.2, 0) is 17.1 Å². The van der Waals surface area contributed by atoms with Crippen LogP contribution in [0.1, 0.15) is 5.56 Å². The minimum absolute atomic E-state index is 0.00216. The third-order valence-corrected chi connectivity index (χ3v) is 7.03. The Bertz CT molecular complexity index is 1230. The summed E-state index contributed by atoms with van der Waals surface area (Å²) >= 11 is 0. The predicted octanol–water partition coefficient (Wildman–Crippen LogP) is 2.28. The van der Waals surface area contributed by atoms with E-state index >= 15 is 0 Å². The van der Waals surface area contributed by atoms with Gasteiger partial charge in [-0.25, -0.2) is 17.8 Å². The number of aryl methyl sites for hydroxylation is 2. The molecule has 1 aromatic carbocycles. The molecule has 0 aliphatic carbocycles. The lowest BCUT2D eigenvalue weighted by Gasteiger charge is -2.33. The first-order valence-electron chi connectivity index (χ1n) is 9.43. The first kappa shape index (κ1) is 21.7. The third kappa shape index (κ3) is 4.16. The number of benzene rings is 1. The van der Waals surface area contributed by atoms with Gasteiger partial charge in [0, 0.05) is 44.2 Å². The largest absolute Gasteiger partial charge is 0.401 e. The summed E-state index contributed by atoms with van der Waals surface area (Å²) in [5, 5.41) is 4.32. The van der Waals surface area contributed by atoms with Gasteiger partial charge < -0.3 is 4.98 Å². The van der Waals surface area contributed by atoms with Crippen molar-refractivity contribution in [2.24, 2.45) is 7.05 Å². The fraction of sp³-hybridized carbons (Fsp3) is 0.444. The molecule has 0 spiro atoms. The van der Waals surface area contributed by atoms with Gasteiger partial charge in [-0.1, -0.05) is 0 Å². The lowest BCUT2D eigenvalue weighted by atomic mass is 10.0. The molecule has 13 heteroatoms. The number of nitrogens with one attached hydrogen (secondary N) is 1. The number of alkyl halides is 3. The van der Waals surface area contributed by atoms with Gasteiger partial charge in [-0.15, -0.1) is 0 Å². The van der Waals surface area contributed by atoms with Crippen molar-refractivity contribution in [1.29, 1.82) is 0 Å². The number of aromatic nitrogens is 4. The summed E-state index contributed by atoms with van der Waals surface area (Å²) in [5.74, 6) is -0.294. The molecule has 0 atom stereocenters. The lowest BCUT2D eigenvalue weighted by molar-refractivity contribution is -0.148. The molecule has 31 heavy (non-hydrogen) atoms. The van der Waals surface area contributed by atoms with Gasteiger partial charge in [0.25, 0.3) is 10.0 Å². The predicted molar refractivity (Wildman–Crippen MR) is 104 cm³/mol. The standard InChI is InChI=1S/C18H20F4N6O2S/c1-11-7-13(19)16-12(15(11)17-23-10-26(2)25-17)8-14(24-16)31(29,30)28-5-3-27(4-6-28)9-18(20,21)22/h7-8,10,24H,3-6,9H2,1-2H3. The number of rotatable bonds is 4. The zero-order chi connectivity index (χ0) is 22.6. The fourth-order valence-corrected chi connectivity index (χ4v) is 5.19. The Balaban J connectivity index is 1.68. The van der Waals surface area contributed by atoms with E-state index in [1.54, 1.807) is 14.0 Å². The Morgan fingerprint density at radius 2 is 1.84 bits per heavy atom. The highest BCUT2D eigenvalue weighted by atomic mass is 32.2. The fourth-order valence-electron chi connectivity index (χ4n) is 3.77. The molecule has 4 rings (SSSR count). The van der Waals surface area contributed by atoms with Crippen LogP contribution in [0, 0.1) is 12.7 Å². The van der Waals surface area contributed by atoms with Gasteiger partial charge in [0.05, 0.1) is 12.1 Å². The van der Waals surface area contributed by atoms with Crippen LogP contribution in [0.25, 0.3) is 22.3 Å². The van der Waals surface area contributed by atoms with Crippen molar-refractivity contribution in [3.8, 4) is 11.4 Å². The topological polar surface area (TPSA) is 87.1 Å². The van der Waals surface area contributed by atoms with Crippen molar-refractivity contribution in [3.05, 3.63) is 29.8 Å². The maximum atomic E-state index is 14.6. The highest BCUT2D eigenvalue weighted by molar-refractivity contribution is 7.89. The van der Waals surface area contributed by atoms with Crippen molar-refractivity contribution in [1.82, 2.24) is 29.0 Å². The van der Waals surface area contributed by atoms with Crippen molar-refractivity contribution in [2.45, 2.75) is 18.1 Å². The lowest BCUT2D eigenvalue weighted by Crippen LogP contribution is -2.50. The Morgan fingerprint density at radius 3 is 2.42 bits per heavy atom. The summed E-state index contributed by atoms with van der Waals surface area (Å²) in [4.78, 5) is 7.98. The van der Waals surface area contributed by atoms with Crippen molar-refractivity contribution in [2.75, 3.05) is 32.7 Å². The molecule has 0 unspecified atom stereocenters. The SMILES string of the molecule is Cc1cc(F)c2[nH]c(S(=O)(=O)N3CCN(CC(F)(F)F)CC3)cc2c1-c1ncn(C)n1. The van der Waals surface area contributed by atoms with E-state index in [-0.39, 0.29) is 36.7 Å². The van der Waals surface area contributed by atoms with Gasteiger partial charge >= 0.3 is 6.18 Å². The van der Waals surface area contributed by atoms with Gasteiger partial charge in [-0.2, -0.15) is 22.6 Å². The van der Waals surface area contributed by atoms with Crippen molar-refractivity contribution < 1.29 is 26.0 Å². The molecular weight excluding hydrogens is 440 g/mol. The number of sulfonamides is 1. The van der Waals surface area contributed by atoms with Crippen LogP contribution in [0.4, 0.5) is 17.6 Å². The zero-order valence-electron chi connectivity index (χ0n) is 16.7. The first-order chi connectivity index (χ1) is 14.5. The molecule has 0 saturated carbocycles. The minimum Gasteiger partial charge on any atom is -0.342 e. The van der Waals surface area contributed by atoms with Gasteiger partial charge in [-0.05, 0) is 24.6 Å². The number of piperazine rings is 1. The van der Waals surface area contributed by atoms with E-state index < -0.39 is 28.6 Å². The molecule has 3 heterocycles. The quantitative estimate of drug-likeness (QED) is 0.604. The summed E-state index contributed by atoms with van der Waals surface area (Å²) in [6.07, 6.45) is -2.86. The first-order valence-corrected chi connectivity index (χ1v) is 10.9. The number of H-pyrrole nitrogens is 1. The second-order valence-electron chi connectivity index (χ2n) is 7.51. The third-order valence-electron chi connectivity index (χ3n) is 5.21. The Kier molecular flexibility index (Phi) is 5.30. The normalized spacial score (nSPS) is 17.0. The molecule has 1 N–H and O–H groups in total. The Morgan fingerprint density at radius 1 is 1.16 bits per heavy atom. The van der Waals surface area contributed by atoms with E-state index in [1.807, 2.05) is 0 Å². The Hall–Kier alpha value is -2.51. The Labute approximate surface area is 175 Å². The van der Waals surface area contributed by atoms with E-state index in [9.17, 15) is 26.0 Å². The summed E-state index contributed by atoms with van der Waals surface area (Å²) in [5.41, 5.74) is 1.05. The summed E-state index contributed by atoms with van der Waals surface area (Å²) in [6, 6.07) is 2.60. The number of fused-ring (bicyclic) bond motifs is 1. The molecular formula is C18H20F4N6O2S. The van der Waals surface area contributed by atoms with E-state index in [2.05, 4.69) is 15.1 Å². The van der Waals surface area contributed by atoms with Crippen LogP contribution in [-0.4, -0.2) is 76.3 Å². The molecule has 168 valence electrons. The summed E-state index contributed by atoms with van der Waals surface area (Å²) in [6.45, 7) is 0.312. The van der Waals surface area contributed by atoms with E-state index in [0.717, 1.165) is 9.21 Å². The van der Waals surface area contributed by atoms with Crippen LogP contribution in [0.3, 0.4) is 0 Å². The summed E-state index contributed by atoms with van der Waals surface area (Å²) in [7, 11) is -2.38. The molecule has 2 aromatic heterocycles. The second-order valence-corrected chi connectivity index (χ2v) is 9.42. The zero-order valence-corrected chi connectivity index (χ0v) is 17.6. The van der Waals surface area contributed by atoms with Gasteiger partial charge in [0.15, 0.2) is 5.82 Å². The molecule has 1 aliphatic heterocycles. The molecule has 1 aliphatic rings. The van der Waals surface area contributed by atoms with Crippen LogP contribution in [0.5, 0.6) is 0 Å². The molecule has 1 fully saturated rings.